The van der Waals surface area contributed by atoms with Crippen molar-refractivity contribution in [3.05, 3.63) is 68.7 Å². The highest BCUT2D eigenvalue weighted by atomic mass is 35.5. The van der Waals surface area contributed by atoms with Gasteiger partial charge in [0.25, 0.3) is 11.6 Å². The predicted molar refractivity (Wildman–Crippen MR) is 106 cm³/mol. The van der Waals surface area contributed by atoms with Crippen LogP contribution in [0.1, 0.15) is 15.9 Å². The monoisotopic (exact) mass is 419 g/mol. The van der Waals surface area contributed by atoms with E-state index in [4.69, 9.17) is 16.3 Å². The molecule has 10 heteroatoms. The topological polar surface area (TPSA) is 119 Å². The standard InChI is InChI=1S/C19H18ClN3O6/c1-12-3-6-14(7-4-12)21-17(24)10-22(2)18(25)11-29-19(26)15-9-13(20)5-8-16(15)23(27)28/h3-9H,10-11H2,1-2H3,(H,21,24). The third-order valence-corrected chi connectivity index (χ3v) is 4.08. The third-order valence-electron chi connectivity index (χ3n) is 3.84. The molecule has 0 fully saturated rings. The van der Waals surface area contributed by atoms with Gasteiger partial charge < -0.3 is 15.0 Å². The average molecular weight is 420 g/mol. The van der Waals surface area contributed by atoms with E-state index in [2.05, 4.69) is 5.32 Å². The molecule has 0 saturated heterocycles. The molecule has 0 saturated carbocycles. The van der Waals surface area contributed by atoms with Gasteiger partial charge in [0.1, 0.15) is 5.56 Å². The number of amides is 2. The molecule has 0 atom stereocenters. The fraction of sp³-hybridized carbons (Fsp3) is 0.211. The van der Waals surface area contributed by atoms with Crippen molar-refractivity contribution < 1.29 is 24.0 Å². The molecular weight excluding hydrogens is 402 g/mol. The highest BCUT2D eigenvalue weighted by molar-refractivity contribution is 6.31. The fourth-order valence-electron chi connectivity index (χ4n) is 2.29. The number of ether oxygens (including phenoxy) is 1. The van der Waals surface area contributed by atoms with Crippen LogP contribution in [0.15, 0.2) is 42.5 Å². The van der Waals surface area contributed by atoms with Crippen LogP contribution in [-0.2, 0) is 14.3 Å². The van der Waals surface area contributed by atoms with Gasteiger partial charge in [0.15, 0.2) is 6.61 Å². The second-order valence-corrected chi connectivity index (χ2v) is 6.60. The Morgan fingerprint density at radius 3 is 2.45 bits per heavy atom. The molecule has 152 valence electrons. The molecule has 0 radical (unpaired) electrons. The number of benzene rings is 2. The van der Waals surface area contributed by atoms with Gasteiger partial charge in [-0.05, 0) is 31.2 Å². The van der Waals surface area contributed by atoms with Crippen molar-refractivity contribution in [2.24, 2.45) is 0 Å². The van der Waals surface area contributed by atoms with Gasteiger partial charge in [-0.15, -0.1) is 0 Å². The first-order valence-electron chi connectivity index (χ1n) is 8.39. The van der Waals surface area contributed by atoms with Crippen LogP contribution in [0, 0.1) is 17.0 Å². The summed E-state index contributed by atoms with van der Waals surface area (Å²) in [5.74, 6) is -2.14. The molecule has 0 spiro atoms. The van der Waals surface area contributed by atoms with Crippen LogP contribution in [0.3, 0.4) is 0 Å². The molecule has 2 aromatic carbocycles. The Labute approximate surface area is 171 Å². The number of hydrogen-bond donors (Lipinski definition) is 1. The van der Waals surface area contributed by atoms with E-state index in [0.29, 0.717) is 5.69 Å². The maximum absolute atomic E-state index is 12.1. The van der Waals surface area contributed by atoms with Crippen LogP contribution >= 0.6 is 11.6 Å². The SMILES string of the molecule is Cc1ccc(NC(=O)CN(C)C(=O)COC(=O)c2cc(Cl)ccc2[N+](=O)[O-])cc1. The first-order valence-corrected chi connectivity index (χ1v) is 8.76. The Balaban J connectivity index is 1.90. The molecule has 0 unspecified atom stereocenters. The molecular formula is C19H18ClN3O6. The van der Waals surface area contributed by atoms with Crippen molar-refractivity contribution in [1.82, 2.24) is 4.90 Å². The van der Waals surface area contributed by atoms with E-state index in [1.165, 1.54) is 13.1 Å². The number of halogens is 1. The number of aryl methyl sites for hydroxylation is 1. The van der Waals surface area contributed by atoms with Crippen molar-refractivity contribution >= 4 is 40.8 Å². The maximum atomic E-state index is 12.1. The number of likely N-dealkylation sites (N-methyl/N-ethyl adjacent to an activating group) is 1. The molecule has 9 nitrogen and oxygen atoms in total. The van der Waals surface area contributed by atoms with Crippen LogP contribution in [0.2, 0.25) is 5.02 Å². The second kappa shape index (κ2) is 9.65. The Morgan fingerprint density at radius 1 is 1.17 bits per heavy atom. The normalized spacial score (nSPS) is 10.2. The fourth-order valence-corrected chi connectivity index (χ4v) is 2.46. The molecule has 0 aliphatic heterocycles. The minimum atomic E-state index is -1.06. The maximum Gasteiger partial charge on any atom is 0.345 e. The van der Waals surface area contributed by atoms with Gasteiger partial charge in [0.2, 0.25) is 5.91 Å². The molecule has 0 aliphatic carbocycles. The number of esters is 1. The lowest BCUT2D eigenvalue weighted by atomic mass is 10.2. The largest absolute Gasteiger partial charge is 0.452 e. The number of anilines is 1. The van der Waals surface area contributed by atoms with Gasteiger partial charge in [-0.25, -0.2) is 4.79 Å². The van der Waals surface area contributed by atoms with Gasteiger partial charge in [0.05, 0.1) is 11.5 Å². The molecule has 29 heavy (non-hydrogen) atoms. The van der Waals surface area contributed by atoms with Gasteiger partial charge in [-0.3, -0.25) is 19.7 Å². The summed E-state index contributed by atoms with van der Waals surface area (Å²) in [5.41, 5.74) is 0.769. The number of rotatable bonds is 7. The van der Waals surface area contributed by atoms with Crippen LogP contribution in [-0.4, -0.2) is 47.8 Å². The summed E-state index contributed by atoms with van der Waals surface area (Å²) in [6, 6.07) is 10.6. The van der Waals surface area contributed by atoms with Crippen molar-refractivity contribution in [2.45, 2.75) is 6.92 Å². The summed E-state index contributed by atoms with van der Waals surface area (Å²) in [7, 11) is 1.37. The van der Waals surface area contributed by atoms with Crippen LogP contribution in [0.4, 0.5) is 11.4 Å². The van der Waals surface area contributed by atoms with Crippen LogP contribution in [0.5, 0.6) is 0 Å². The lowest BCUT2D eigenvalue weighted by Gasteiger charge is -2.17. The summed E-state index contributed by atoms with van der Waals surface area (Å²) in [5, 5.41) is 13.8. The van der Waals surface area contributed by atoms with Crippen LogP contribution < -0.4 is 5.32 Å². The van der Waals surface area contributed by atoms with Crippen LogP contribution in [0.25, 0.3) is 0 Å². The minimum absolute atomic E-state index is 0.110. The summed E-state index contributed by atoms with van der Waals surface area (Å²) in [6.07, 6.45) is 0. The number of hydrogen-bond acceptors (Lipinski definition) is 6. The minimum Gasteiger partial charge on any atom is -0.452 e. The van der Waals surface area contributed by atoms with E-state index in [1.807, 2.05) is 19.1 Å². The number of nitro benzene ring substituents is 1. The summed E-state index contributed by atoms with van der Waals surface area (Å²) in [4.78, 5) is 47.6. The van der Waals surface area contributed by atoms with Gasteiger partial charge in [-0.1, -0.05) is 29.3 Å². The molecule has 0 bridgehead atoms. The summed E-state index contributed by atoms with van der Waals surface area (Å²) < 4.78 is 4.84. The first-order chi connectivity index (χ1) is 13.7. The number of carbonyl (C=O) groups is 3. The molecule has 0 aliphatic rings. The second-order valence-electron chi connectivity index (χ2n) is 6.16. The lowest BCUT2D eigenvalue weighted by Crippen LogP contribution is -2.37. The highest BCUT2D eigenvalue weighted by Gasteiger charge is 2.23. The molecule has 2 amide bonds. The molecule has 2 aromatic rings. The zero-order valence-electron chi connectivity index (χ0n) is 15.7. The Morgan fingerprint density at radius 2 is 1.83 bits per heavy atom. The summed E-state index contributed by atoms with van der Waals surface area (Å²) >= 11 is 5.76. The van der Waals surface area contributed by atoms with Crippen molar-refractivity contribution in [1.29, 1.82) is 0 Å². The molecule has 1 N–H and O–H groups in total. The van der Waals surface area contributed by atoms with Gasteiger partial charge in [-0.2, -0.15) is 0 Å². The number of nitro groups is 1. The smallest absolute Gasteiger partial charge is 0.345 e. The average Bonchev–Trinajstić information content (AvgIpc) is 2.67. The molecule has 0 aromatic heterocycles. The lowest BCUT2D eigenvalue weighted by molar-refractivity contribution is -0.385. The quantitative estimate of drug-likeness (QED) is 0.418. The third kappa shape index (κ3) is 6.28. The summed E-state index contributed by atoms with van der Waals surface area (Å²) in [6.45, 7) is 0.968. The van der Waals surface area contributed by atoms with Gasteiger partial charge >= 0.3 is 5.97 Å². The van der Waals surface area contributed by atoms with E-state index in [9.17, 15) is 24.5 Å². The van der Waals surface area contributed by atoms with E-state index >= 15 is 0 Å². The zero-order valence-corrected chi connectivity index (χ0v) is 16.4. The highest BCUT2D eigenvalue weighted by Crippen LogP contribution is 2.23. The van der Waals surface area contributed by atoms with Crippen molar-refractivity contribution in [2.75, 3.05) is 25.5 Å². The molecule has 2 rings (SSSR count). The number of nitrogens with one attached hydrogen (secondary N) is 1. The Bertz CT molecular complexity index is 945. The predicted octanol–water partition coefficient (Wildman–Crippen LogP) is 2.81. The van der Waals surface area contributed by atoms with E-state index in [-0.39, 0.29) is 17.1 Å². The van der Waals surface area contributed by atoms with E-state index in [0.717, 1.165) is 22.6 Å². The number of carbonyl (C=O) groups excluding carboxylic acids is 3. The Hall–Kier alpha value is -3.46. The first kappa shape index (κ1) is 21.8. The van der Waals surface area contributed by atoms with E-state index < -0.39 is 35.0 Å². The number of nitrogens with zero attached hydrogens (tertiary/aromatic N) is 2. The van der Waals surface area contributed by atoms with Crippen molar-refractivity contribution in [3.8, 4) is 0 Å². The molecule has 0 heterocycles. The van der Waals surface area contributed by atoms with E-state index in [1.54, 1.807) is 12.1 Å². The van der Waals surface area contributed by atoms with Gasteiger partial charge in [0, 0.05) is 23.8 Å². The zero-order chi connectivity index (χ0) is 21.6. The Kier molecular flexibility index (Phi) is 7.27. The van der Waals surface area contributed by atoms with Crippen molar-refractivity contribution in [3.63, 3.8) is 0 Å².